The van der Waals surface area contributed by atoms with E-state index in [4.69, 9.17) is 5.11 Å². The second-order valence-electron chi connectivity index (χ2n) is 4.86. The summed E-state index contributed by atoms with van der Waals surface area (Å²) in [5.41, 5.74) is 0.153. The molecule has 0 aliphatic carbocycles. The minimum Gasteiger partial charge on any atom is -0.477 e. The number of amides is 1. The molecular weight excluding hydrogens is 246 g/mol. The van der Waals surface area contributed by atoms with Crippen LogP contribution < -0.4 is 0 Å². The van der Waals surface area contributed by atoms with E-state index in [0.717, 1.165) is 26.1 Å². The monoisotopic (exact) mass is 265 g/mol. The van der Waals surface area contributed by atoms with Gasteiger partial charge >= 0.3 is 5.97 Å². The molecule has 104 valence electrons. The first-order chi connectivity index (χ1) is 9.08. The zero-order chi connectivity index (χ0) is 13.8. The summed E-state index contributed by atoms with van der Waals surface area (Å²) in [5.74, 6) is -1.03. The van der Waals surface area contributed by atoms with Crippen LogP contribution >= 0.6 is 0 Å². The first-order valence-corrected chi connectivity index (χ1v) is 6.42. The van der Waals surface area contributed by atoms with E-state index >= 15 is 0 Å². The molecule has 1 saturated heterocycles. The van der Waals surface area contributed by atoms with Crippen molar-refractivity contribution in [1.82, 2.24) is 14.4 Å². The van der Waals surface area contributed by atoms with Crippen molar-refractivity contribution in [3.05, 3.63) is 24.0 Å². The van der Waals surface area contributed by atoms with E-state index in [9.17, 15) is 9.59 Å². The highest BCUT2D eigenvalue weighted by Gasteiger charge is 2.19. The fourth-order valence-electron chi connectivity index (χ4n) is 2.29. The van der Waals surface area contributed by atoms with Crippen molar-refractivity contribution in [2.45, 2.75) is 13.0 Å². The van der Waals surface area contributed by atoms with E-state index in [1.807, 2.05) is 11.9 Å². The number of aromatic nitrogens is 1. The number of hydrogen-bond acceptors (Lipinski definition) is 3. The van der Waals surface area contributed by atoms with Gasteiger partial charge in [-0.2, -0.15) is 0 Å². The van der Waals surface area contributed by atoms with Crippen molar-refractivity contribution in [2.75, 3.05) is 33.2 Å². The Kier molecular flexibility index (Phi) is 4.21. The first kappa shape index (κ1) is 13.6. The molecular formula is C13H19N3O3. The van der Waals surface area contributed by atoms with Crippen LogP contribution in [0.1, 0.15) is 16.9 Å². The second-order valence-corrected chi connectivity index (χ2v) is 4.86. The highest BCUT2D eigenvalue weighted by molar-refractivity contribution is 5.86. The third kappa shape index (κ3) is 3.35. The van der Waals surface area contributed by atoms with Gasteiger partial charge in [0, 0.05) is 25.8 Å². The summed E-state index contributed by atoms with van der Waals surface area (Å²) in [4.78, 5) is 27.2. The number of hydrogen-bond donors (Lipinski definition) is 1. The summed E-state index contributed by atoms with van der Waals surface area (Å²) in [6.07, 6.45) is 2.59. The number of rotatable bonds is 3. The zero-order valence-corrected chi connectivity index (χ0v) is 11.1. The van der Waals surface area contributed by atoms with Gasteiger partial charge in [-0.15, -0.1) is 0 Å². The van der Waals surface area contributed by atoms with Crippen LogP contribution in [0.5, 0.6) is 0 Å². The normalized spacial score (nSPS) is 17.2. The maximum atomic E-state index is 12.2. The summed E-state index contributed by atoms with van der Waals surface area (Å²) in [5, 5.41) is 9.01. The molecule has 1 amide bonds. The van der Waals surface area contributed by atoms with Crippen LogP contribution in [0.15, 0.2) is 18.3 Å². The van der Waals surface area contributed by atoms with Crippen LogP contribution in [0.25, 0.3) is 0 Å². The Morgan fingerprint density at radius 1 is 1.26 bits per heavy atom. The molecule has 0 unspecified atom stereocenters. The van der Waals surface area contributed by atoms with Crippen LogP contribution in [-0.4, -0.2) is 64.6 Å². The topological polar surface area (TPSA) is 65.8 Å². The van der Waals surface area contributed by atoms with E-state index in [0.29, 0.717) is 6.54 Å². The molecule has 0 radical (unpaired) electrons. The van der Waals surface area contributed by atoms with Gasteiger partial charge in [0.05, 0.1) is 0 Å². The number of carboxylic acid groups (broad SMARTS) is 1. The summed E-state index contributed by atoms with van der Waals surface area (Å²) in [6.45, 7) is 3.40. The van der Waals surface area contributed by atoms with E-state index < -0.39 is 5.97 Å². The molecule has 0 atom stereocenters. The van der Waals surface area contributed by atoms with Gasteiger partial charge < -0.3 is 19.5 Å². The lowest BCUT2D eigenvalue weighted by atomic mass is 10.3. The highest BCUT2D eigenvalue weighted by atomic mass is 16.4. The number of carbonyl (C=O) groups excluding carboxylic acids is 1. The molecule has 6 heteroatoms. The van der Waals surface area contributed by atoms with Gasteiger partial charge in [0.25, 0.3) is 0 Å². The SMILES string of the molecule is CN1CCCN(C(=O)Cn2cccc2C(=O)O)CC1. The Labute approximate surface area is 112 Å². The van der Waals surface area contributed by atoms with Crippen molar-refractivity contribution in [2.24, 2.45) is 0 Å². The fraction of sp³-hybridized carbons (Fsp3) is 0.538. The van der Waals surface area contributed by atoms with Crippen LogP contribution in [0.3, 0.4) is 0 Å². The van der Waals surface area contributed by atoms with Crippen molar-refractivity contribution >= 4 is 11.9 Å². The lowest BCUT2D eigenvalue weighted by Gasteiger charge is -2.21. The Morgan fingerprint density at radius 3 is 2.79 bits per heavy atom. The number of likely N-dealkylation sites (N-methyl/N-ethyl adjacent to an activating group) is 1. The van der Waals surface area contributed by atoms with Gasteiger partial charge in [-0.05, 0) is 32.1 Å². The minimum atomic E-state index is -1.01. The lowest BCUT2D eigenvalue weighted by Crippen LogP contribution is -2.37. The molecule has 1 aliphatic heterocycles. The van der Waals surface area contributed by atoms with E-state index in [2.05, 4.69) is 4.90 Å². The third-order valence-electron chi connectivity index (χ3n) is 3.43. The summed E-state index contributed by atoms with van der Waals surface area (Å²) in [6, 6.07) is 3.15. The molecule has 1 aromatic rings. The Balaban J connectivity index is 2.00. The van der Waals surface area contributed by atoms with Gasteiger partial charge in [0.2, 0.25) is 5.91 Å². The molecule has 2 rings (SSSR count). The number of carboxylic acids is 1. The Hall–Kier alpha value is -1.82. The molecule has 1 N–H and O–H groups in total. The quantitative estimate of drug-likeness (QED) is 0.856. The summed E-state index contributed by atoms with van der Waals surface area (Å²) < 4.78 is 1.49. The maximum absolute atomic E-state index is 12.2. The second kappa shape index (κ2) is 5.88. The fourth-order valence-corrected chi connectivity index (χ4v) is 2.29. The average molecular weight is 265 g/mol. The highest BCUT2D eigenvalue weighted by Crippen LogP contribution is 2.06. The standard InChI is InChI=1S/C13H19N3O3/c1-14-5-3-7-15(9-8-14)12(17)10-16-6-2-4-11(16)13(18)19/h2,4,6H,3,5,7-10H2,1H3,(H,18,19). The number of aromatic carboxylic acids is 1. The molecule has 6 nitrogen and oxygen atoms in total. The molecule has 0 spiro atoms. The number of nitrogens with zero attached hydrogens (tertiary/aromatic N) is 3. The minimum absolute atomic E-state index is 0.0194. The summed E-state index contributed by atoms with van der Waals surface area (Å²) >= 11 is 0. The molecule has 0 bridgehead atoms. The van der Waals surface area contributed by atoms with E-state index in [1.165, 1.54) is 10.6 Å². The predicted molar refractivity (Wildman–Crippen MR) is 70.1 cm³/mol. The van der Waals surface area contributed by atoms with Gasteiger partial charge in [0.1, 0.15) is 12.2 Å². The molecule has 0 aromatic carbocycles. The van der Waals surface area contributed by atoms with Crippen LogP contribution in [0, 0.1) is 0 Å². The lowest BCUT2D eigenvalue weighted by molar-refractivity contribution is -0.131. The molecule has 1 fully saturated rings. The Morgan fingerprint density at radius 2 is 2.05 bits per heavy atom. The van der Waals surface area contributed by atoms with Gasteiger partial charge in [0.15, 0.2) is 0 Å². The zero-order valence-electron chi connectivity index (χ0n) is 11.1. The maximum Gasteiger partial charge on any atom is 0.352 e. The summed E-state index contributed by atoms with van der Waals surface area (Å²) in [7, 11) is 2.04. The smallest absolute Gasteiger partial charge is 0.352 e. The van der Waals surface area contributed by atoms with E-state index in [-0.39, 0.29) is 18.1 Å². The average Bonchev–Trinajstić information content (AvgIpc) is 2.70. The molecule has 19 heavy (non-hydrogen) atoms. The predicted octanol–water partition coefficient (Wildman–Crippen LogP) is 0.350. The van der Waals surface area contributed by atoms with Crippen LogP contribution in [0.2, 0.25) is 0 Å². The Bertz CT molecular complexity index is 469. The van der Waals surface area contributed by atoms with Crippen LogP contribution in [0.4, 0.5) is 0 Å². The van der Waals surface area contributed by atoms with Gasteiger partial charge in [-0.1, -0.05) is 0 Å². The third-order valence-corrected chi connectivity index (χ3v) is 3.43. The van der Waals surface area contributed by atoms with Crippen molar-refractivity contribution in [3.63, 3.8) is 0 Å². The molecule has 2 heterocycles. The van der Waals surface area contributed by atoms with E-state index in [1.54, 1.807) is 12.3 Å². The van der Waals surface area contributed by atoms with Gasteiger partial charge in [-0.25, -0.2) is 4.79 Å². The molecule has 1 aromatic heterocycles. The molecule has 1 aliphatic rings. The van der Waals surface area contributed by atoms with Crippen molar-refractivity contribution in [1.29, 1.82) is 0 Å². The number of carbonyl (C=O) groups is 2. The van der Waals surface area contributed by atoms with Crippen LogP contribution in [-0.2, 0) is 11.3 Å². The van der Waals surface area contributed by atoms with Crippen molar-refractivity contribution in [3.8, 4) is 0 Å². The van der Waals surface area contributed by atoms with Crippen molar-refractivity contribution < 1.29 is 14.7 Å². The van der Waals surface area contributed by atoms with Gasteiger partial charge in [-0.3, -0.25) is 4.79 Å². The molecule has 0 saturated carbocycles. The largest absolute Gasteiger partial charge is 0.477 e. The first-order valence-electron chi connectivity index (χ1n) is 6.42.